The number of aliphatic hydroxyl groups is 1. The lowest BCUT2D eigenvalue weighted by Crippen LogP contribution is -2.10. The van der Waals surface area contributed by atoms with Crippen LogP contribution in [0.2, 0.25) is 0 Å². The van der Waals surface area contributed by atoms with Crippen LogP contribution >= 0.6 is 11.8 Å². The van der Waals surface area contributed by atoms with Crippen LogP contribution in [-0.4, -0.2) is 32.6 Å². The van der Waals surface area contributed by atoms with Gasteiger partial charge in [-0.15, -0.1) is 0 Å². The fraction of sp³-hybridized carbons (Fsp3) is 0.0417. The molecule has 3 aromatic carbocycles. The number of aliphatic hydroxyl groups excluding tert-OH is 1. The van der Waals surface area contributed by atoms with E-state index in [0.29, 0.717) is 15.9 Å². The summed E-state index contributed by atoms with van der Waals surface area (Å²) in [4.78, 5) is 31.8. The number of imidazole rings is 1. The van der Waals surface area contributed by atoms with Gasteiger partial charge < -0.3 is 14.8 Å². The molecule has 0 saturated carbocycles. The van der Waals surface area contributed by atoms with E-state index >= 15 is 0 Å². The maximum atomic E-state index is 12.5. The van der Waals surface area contributed by atoms with Gasteiger partial charge in [0.25, 0.3) is 5.69 Å². The van der Waals surface area contributed by atoms with Crippen LogP contribution in [0, 0.1) is 21.4 Å². The van der Waals surface area contributed by atoms with E-state index in [1.54, 1.807) is 24.3 Å². The number of aromatic amines is 1. The Morgan fingerprint density at radius 1 is 1.15 bits per heavy atom. The molecule has 0 unspecified atom stereocenters. The van der Waals surface area contributed by atoms with Crippen LogP contribution in [0.15, 0.2) is 88.3 Å². The number of H-pyrrole nitrogens is 1. The molecule has 1 heterocycles. The summed E-state index contributed by atoms with van der Waals surface area (Å²) in [6.07, 6.45) is 0. The first-order valence-corrected chi connectivity index (χ1v) is 10.7. The number of rotatable bonds is 7. The van der Waals surface area contributed by atoms with Crippen LogP contribution in [0.3, 0.4) is 0 Å². The van der Waals surface area contributed by atoms with E-state index in [-0.39, 0.29) is 22.6 Å². The van der Waals surface area contributed by atoms with Gasteiger partial charge in [-0.3, -0.25) is 10.1 Å². The van der Waals surface area contributed by atoms with Crippen molar-refractivity contribution >= 4 is 40.0 Å². The number of hydrogen-bond donors (Lipinski definition) is 2. The number of nitro groups is 1. The van der Waals surface area contributed by atoms with Gasteiger partial charge in [-0.25, -0.2) is 9.78 Å². The minimum absolute atomic E-state index is 0.0563. The van der Waals surface area contributed by atoms with Gasteiger partial charge in [0.2, 0.25) is 0 Å². The molecule has 0 atom stereocenters. The molecule has 0 aliphatic carbocycles. The highest BCUT2D eigenvalue weighted by Crippen LogP contribution is 2.35. The lowest BCUT2D eigenvalue weighted by Gasteiger charge is -2.07. The van der Waals surface area contributed by atoms with Crippen LogP contribution in [0.1, 0.15) is 16.2 Å². The molecule has 0 radical (unpaired) electrons. The summed E-state index contributed by atoms with van der Waals surface area (Å²) in [5.74, 6) is -1.25. The summed E-state index contributed by atoms with van der Waals surface area (Å²) < 4.78 is 5.09. The molecule has 10 heteroatoms. The number of allylic oxidation sites excluding steroid dienone is 1. The quantitative estimate of drug-likeness (QED) is 0.122. The van der Waals surface area contributed by atoms with Crippen molar-refractivity contribution in [3.05, 3.63) is 100 Å². The van der Waals surface area contributed by atoms with Crippen LogP contribution < -0.4 is 0 Å². The van der Waals surface area contributed by atoms with Crippen molar-refractivity contribution in [1.82, 2.24) is 9.97 Å². The molecular weight excluding hydrogens is 456 g/mol. The number of nitro benzene ring substituents is 1. The van der Waals surface area contributed by atoms with Crippen molar-refractivity contribution in [2.24, 2.45) is 0 Å². The van der Waals surface area contributed by atoms with Crippen LogP contribution in [-0.2, 0) is 4.74 Å². The lowest BCUT2D eigenvalue weighted by molar-refractivity contribution is -0.387. The number of ether oxygens (including phenoxy) is 1. The summed E-state index contributed by atoms with van der Waals surface area (Å²) in [7, 11) is 0. The molecule has 0 amide bonds. The number of aromatic nitrogens is 2. The predicted molar refractivity (Wildman–Crippen MR) is 125 cm³/mol. The van der Waals surface area contributed by atoms with Crippen molar-refractivity contribution in [2.75, 3.05) is 6.61 Å². The summed E-state index contributed by atoms with van der Waals surface area (Å²) >= 11 is 1.20. The Morgan fingerprint density at radius 3 is 2.59 bits per heavy atom. The minimum atomic E-state index is -0.882. The number of fused-ring (bicyclic) bond motifs is 1. The van der Waals surface area contributed by atoms with Crippen molar-refractivity contribution in [1.29, 1.82) is 5.26 Å². The van der Waals surface area contributed by atoms with E-state index in [2.05, 4.69) is 9.97 Å². The third-order valence-electron chi connectivity index (χ3n) is 4.73. The second kappa shape index (κ2) is 9.89. The van der Waals surface area contributed by atoms with E-state index in [9.17, 15) is 25.3 Å². The Bertz CT molecular complexity index is 1420. The van der Waals surface area contributed by atoms with E-state index in [0.717, 1.165) is 11.0 Å². The molecular formula is C24H16N4O5S. The van der Waals surface area contributed by atoms with Gasteiger partial charge in [0.1, 0.15) is 18.2 Å². The van der Waals surface area contributed by atoms with Crippen LogP contribution in [0.5, 0.6) is 0 Å². The number of carbonyl (C=O) groups excluding carboxylic acids is 1. The smallest absolute Gasteiger partial charge is 0.338 e. The largest absolute Gasteiger partial charge is 0.507 e. The third-order valence-corrected chi connectivity index (χ3v) is 5.80. The number of carbonyl (C=O) groups is 1. The van der Waals surface area contributed by atoms with Crippen LogP contribution in [0.25, 0.3) is 16.6 Å². The van der Waals surface area contributed by atoms with Gasteiger partial charge in [0, 0.05) is 11.0 Å². The summed E-state index contributed by atoms with van der Waals surface area (Å²) in [6, 6.07) is 22.1. The number of nitriles is 1. The zero-order valence-electron chi connectivity index (χ0n) is 17.5. The van der Waals surface area contributed by atoms with Crippen LogP contribution in [0.4, 0.5) is 5.69 Å². The van der Waals surface area contributed by atoms with Gasteiger partial charge in [0.15, 0.2) is 11.6 Å². The molecule has 4 aromatic rings. The lowest BCUT2D eigenvalue weighted by atomic mass is 10.2. The molecule has 2 N–H and O–H groups in total. The first-order valence-electron chi connectivity index (χ1n) is 9.92. The van der Waals surface area contributed by atoms with Gasteiger partial charge in [0.05, 0.1) is 26.4 Å². The fourth-order valence-corrected chi connectivity index (χ4v) is 4.02. The molecule has 0 aliphatic heterocycles. The molecule has 0 saturated heterocycles. The van der Waals surface area contributed by atoms with Gasteiger partial charge in [-0.1, -0.05) is 42.1 Å². The molecule has 4 rings (SSSR count). The number of nitrogens with zero attached hydrogens (tertiary/aromatic N) is 3. The molecule has 9 nitrogen and oxygen atoms in total. The molecule has 0 spiro atoms. The average Bonchev–Trinajstić information content (AvgIpc) is 3.27. The van der Waals surface area contributed by atoms with Crippen molar-refractivity contribution in [2.45, 2.75) is 9.79 Å². The minimum Gasteiger partial charge on any atom is -0.507 e. The number of hydrogen-bond acceptors (Lipinski definition) is 8. The highest BCUT2D eigenvalue weighted by Gasteiger charge is 2.20. The molecule has 0 aliphatic rings. The second-order valence-electron chi connectivity index (χ2n) is 6.97. The Hall–Kier alpha value is -4.62. The van der Waals surface area contributed by atoms with Crippen molar-refractivity contribution in [3.8, 4) is 6.07 Å². The zero-order valence-corrected chi connectivity index (χ0v) is 18.3. The molecule has 168 valence electrons. The van der Waals surface area contributed by atoms with Crippen molar-refractivity contribution in [3.63, 3.8) is 0 Å². The summed E-state index contributed by atoms with van der Waals surface area (Å²) in [6.45, 7) is -0.604. The molecule has 1 aromatic heterocycles. The maximum Gasteiger partial charge on any atom is 0.338 e. The molecule has 34 heavy (non-hydrogen) atoms. The van der Waals surface area contributed by atoms with E-state index in [4.69, 9.17) is 4.74 Å². The predicted octanol–water partition coefficient (Wildman–Crippen LogP) is 5.27. The standard InChI is InChI=1S/C24H16N4O5S/c25-13-17(23-26-18-8-4-5-9-19(18)27-23)21(29)14-33-24(30)15-10-11-22(20(12-15)28(31)32)34-16-6-2-1-3-7-16/h1-12,29H,14H2,(H,26,27)/b21-17-. The van der Waals surface area contributed by atoms with E-state index in [1.165, 1.54) is 23.9 Å². The number of benzene rings is 3. The van der Waals surface area contributed by atoms with E-state index < -0.39 is 23.3 Å². The third kappa shape index (κ3) is 4.90. The van der Waals surface area contributed by atoms with Gasteiger partial charge >= 0.3 is 5.97 Å². The molecule has 0 bridgehead atoms. The first-order chi connectivity index (χ1) is 16.5. The Balaban J connectivity index is 1.52. The highest BCUT2D eigenvalue weighted by molar-refractivity contribution is 7.99. The fourth-order valence-electron chi connectivity index (χ4n) is 3.10. The van der Waals surface area contributed by atoms with Crippen molar-refractivity contribution < 1.29 is 19.6 Å². The highest BCUT2D eigenvalue weighted by atomic mass is 32.2. The SMILES string of the molecule is N#C/C(=C(/O)COC(=O)c1ccc(Sc2ccccc2)c([N+](=O)[O-])c1)c1nc2ccccc2[nH]1. The number of nitrogens with one attached hydrogen (secondary N) is 1. The number of para-hydroxylation sites is 2. The van der Waals surface area contributed by atoms with Gasteiger partial charge in [-0.05, 0) is 36.4 Å². The molecule has 0 fully saturated rings. The van der Waals surface area contributed by atoms with E-state index in [1.807, 2.05) is 36.4 Å². The van der Waals surface area contributed by atoms with Gasteiger partial charge in [-0.2, -0.15) is 5.26 Å². The Labute approximate surface area is 197 Å². The zero-order chi connectivity index (χ0) is 24.1. The number of esters is 1. The normalized spacial score (nSPS) is 11.5. The monoisotopic (exact) mass is 472 g/mol. The second-order valence-corrected chi connectivity index (χ2v) is 8.08. The first kappa shape index (κ1) is 22.6. The Kier molecular flexibility index (Phi) is 6.57. The average molecular weight is 472 g/mol. The Morgan fingerprint density at radius 2 is 1.88 bits per heavy atom. The topological polar surface area (TPSA) is 142 Å². The maximum absolute atomic E-state index is 12.5. The summed E-state index contributed by atoms with van der Waals surface area (Å²) in [5, 5.41) is 31.4. The summed E-state index contributed by atoms with van der Waals surface area (Å²) in [5.41, 5.74) is 0.804.